The number of hydrogen-bond donors (Lipinski definition) is 3. The van der Waals surface area contributed by atoms with Crippen LogP contribution in [0.5, 0.6) is 0 Å². The Kier molecular flexibility index (Phi) is 4.06. The number of carbonyl (C=O) groups is 1. The summed E-state index contributed by atoms with van der Waals surface area (Å²) in [6.07, 6.45) is -1.10. The Morgan fingerprint density at radius 1 is 1.71 bits per heavy atom. The van der Waals surface area contributed by atoms with Crippen molar-refractivity contribution < 1.29 is 19.9 Å². The number of aryl methyl sites for hydroxylation is 1. The van der Waals surface area contributed by atoms with E-state index in [0.29, 0.717) is 0 Å². The van der Waals surface area contributed by atoms with Crippen molar-refractivity contribution in [3.8, 4) is 0 Å². The van der Waals surface area contributed by atoms with E-state index in [1.165, 1.54) is 7.05 Å². The van der Waals surface area contributed by atoms with Crippen LogP contribution in [0.3, 0.4) is 0 Å². The van der Waals surface area contributed by atoms with Crippen LogP contribution in [0.4, 0.5) is 5.95 Å². The van der Waals surface area contributed by atoms with Crippen LogP contribution in [0.2, 0.25) is 0 Å². The summed E-state index contributed by atoms with van der Waals surface area (Å²) < 4.78 is 0.957. The van der Waals surface area contributed by atoms with Crippen LogP contribution < -0.4 is 5.32 Å². The number of hydrogen-bond acceptors (Lipinski definition) is 7. The Balaban J connectivity index is 2.72. The van der Waals surface area contributed by atoms with Gasteiger partial charge in [0.15, 0.2) is 0 Å². The standard InChI is InChI=1S/C7H11N5O5/c1-11-5(9-7(10-11)12(16)17)6(15)8-2-4(14)3-13/h4,13-14H,2-3H2,1H3,(H,8,15). The molecule has 0 saturated heterocycles. The lowest BCUT2D eigenvalue weighted by atomic mass is 10.4. The number of aliphatic hydroxyl groups excluding tert-OH is 2. The minimum atomic E-state index is -1.10. The molecule has 1 rings (SSSR count). The Labute approximate surface area is 95.0 Å². The molecule has 3 N–H and O–H groups in total. The molecule has 1 aromatic rings. The number of nitrogens with zero attached hydrogens (tertiary/aromatic N) is 4. The van der Waals surface area contributed by atoms with E-state index < -0.39 is 29.5 Å². The van der Waals surface area contributed by atoms with Gasteiger partial charge >= 0.3 is 17.7 Å². The SMILES string of the molecule is Cn1nc([N+](=O)[O-])nc1C(=O)NCC(O)CO. The summed E-state index contributed by atoms with van der Waals surface area (Å²) in [4.78, 5) is 24.4. The van der Waals surface area contributed by atoms with Gasteiger partial charge in [0.1, 0.15) is 0 Å². The van der Waals surface area contributed by atoms with Gasteiger partial charge in [-0.1, -0.05) is 0 Å². The first-order valence-electron chi connectivity index (χ1n) is 4.58. The maximum atomic E-state index is 11.5. The second-order valence-corrected chi connectivity index (χ2v) is 3.16. The van der Waals surface area contributed by atoms with Crippen molar-refractivity contribution >= 4 is 11.9 Å². The monoisotopic (exact) mass is 245 g/mol. The predicted octanol–water partition coefficient (Wildman–Crippen LogP) is -2.19. The van der Waals surface area contributed by atoms with E-state index in [2.05, 4.69) is 15.4 Å². The lowest BCUT2D eigenvalue weighted by molar-refractivity contribution is -0.394. The van der Waals surface area contributed by atoms with Crippen molar-refractivity contribution in [1.82, 2.24) is 20.1 Å². The smallest absolute Gasteiger partial charge is 0.394 e. The average Bonchev–Trinajstić information content (AvgIpc) is 2.68. The zero-order valence-electron chi connectivity index (χ0n) is 8.90. The van der Waals surface area contributed by atoms with Crippen LogP contribution in [-0.2, 0) is 7.05 Å². The van der Waals surface area contributed by atoms with Gasteiger partial charge in [-0.2, -0.15) is 4.68 Å². The van der Waals surface area contributed by atoms with E-state index >= 15 is 0 Å². The first-order chi connectivity index (χ1) is 7.95. The van der Waals surface area contributed by atoms with Crippen molar-refractivity contribution in [1.29, 1.82) is 0 Å². The van der Waals surface area contributed by atoms with Crippen LogP contribution in [-0.4, -0.2) is 55.1 Å². The molecule has 0 radical (unpaired) electrons. The summed E-state index contributed by atoms with van der Waals surface area (Å²) in [7, 11) is 1.33. The Morgan fingerprint density at radius 2 is 2.35 bits per heavy atom. The molecule has 17 heavy (non-hydrogen) atoms. The number of amides is 1. The van der Waals surface area contributed by atoms with E-state index in [-0.39, 0.29) is 12.4 Å². The predicted molar refractivity (Wildman–Crippen MR) is 53.1 cm³/mol. The van der Waals surface area contributed by atoms with Crippen LogP contribution in [0.1, 0.15) is 10.6 Å². The van der Waals surface area contributed by atoms with E-state index in [1.807, 2.05) is 0 Å². The molecule has 10 nitrogen and oxygen atoms in total. The number of aliphatic hydroxyl groups is 2. The van der Waals surface area contributed by atoms with Gasteiger partial charge in [0.25, 0.3) is 0 Å². The van der Waals surface area contributed by atoms with Crippen molar-refractivity contribution in [2.24, 2.45) is 7.05 Å². The van der Waals surface area contributed by atoms with E-state index in [9.17, 15) is 14.9 Å². The van der Waals surface area contributed by atoms with Crippen molar-refractivity contribution in [2.45, 2.75) is 6.10 Å². The molecule has 1 unspecified atom stereocenters. The summed E-state index contributed by atoms with van der Waals surface area (Å²) >= 11 is 0. The van der Waals surface area contributed by atoms with Crippen molar-refractivity contribution in [3.63, 3.8) is 0 Å². The minimum Gasteiger partial charge on any atom is -0.394 e. The first kappa shape index (κ1) is 13.0. The Bertz CT molecular complexity index is 430. The molecule has 0 aliphatic rings. The highest BCUT2D eigenvalue weighted by molar-refractivity contribution is 5.90. The molecule has 0 aliphatic carbocycles. The van der Waals surface area contributed by atoms with Gasteiger partial charge in [-0.05, 0) is 9.91 Å². The van der Waals surface area contributed by atoms with Crippen molar-refractivity contribution in [2.75, 3.05) is 13.2 Å². The van der Waals surface area contributed by atoms with Gasteiger partial charge in [-0.25, -0.2) is 0 Å². The zero-order chi connectivity index (χ0) is 13.0. The van der Waals surface area contributed by atoms with Crippen molar-refractivity contribution in [3.05, 3.63) is 15.9 Å². The average molecular weight is 245 g/mol. The topological polar surface area (TPSA) is 143 Å². The number of aromatic nitrogens is 3. The summed E-state index contributed by atoms with van der Waals surface area (Å²) in [5.41, 5.74) is 0. The second-order valence-electron chi connectivity index (χ2n) is 3.16. The summed E-state index contributed by atoms with van der Waals surface area (Å²) in [6, 6.07) is 0. The van der Waals surface area contributed by atoms with Gasteiger partial charge in [0.05, 0.1) is 12.7 Å². The number of rotatable bonds is 5. The van der Waals surface area contributed by atoms with E-state index in [0.717, 1.165) is 4.68 Å². The van der Waals surface area contributed by atoms with Gasteiger partial charge in [-0.3, -0.25) is 4.79 Å². The molecule has 0 fully saturated rings. The van der Waals surface area contributed by atoms with E-state index in [4.69, 9.17) is 10.2 Å². The highest BCUT2D eigenvalue weighted by Crippen LogP contribution is 2.04. The maximum absolute atomic E-state index is 11.5. The molecule has 0 aromatic carbocycles. The third-order valence-corrected chi connectivity index (χ3v) is 1.83. The van der Waals surface area contributed by atoms with Gasteiger partial charge in [-0.15, -0.1) is 0 Å². The normalized spacial score (nSPS) is 12.2. The zero-order valence-corrected chi connectivity index (χ0v) is 8.90. The number of nitro groups is 1. The fourth-order valence-electron chi connectivity index (χ4n) is 1.00. The summed E-state index contributed by atoms with van der Waals surface area (Å²) in [5.74, 6) is -1.65. The lowest BCUT2D eigenvalue weighted by Crippen LogP contribution is -2.35. The Hall–Kier alpha value is -2.07. The quantitative estimate of drug-likeness (QED) is 0.394. The summed E-state index contributed by atoms with van der Waals surface area (Å²) in [6.45, 7) is -0.685. The van der Waals surface area contributed by atoms with Crippen LogP contribution >= 0.6 is 0 Å². The molecular weight excluding hydrogens is 234 g/mol. The molecule has 0 bridgehead atoms. The van der Waals surface area contributed by atoms with Crippen LogP contribution in [0, 0.1) is 10.1 Å². The minimum absolute atomic E-state index is 0.185. The third-order valence-electron chi connectivity index (χ3n) is 1.83. The highest BCUT2D eigenvalue weighted by Gasteiger charge is 2.24. The summed E-state index contributed by atoms with van der Waals surface area (Å²) in [5, 5.41) is 33.6. The molecule has 0 saturated carbocycles. The molecule has 0 spiro atoms. The maximum Gasteiger partial charge on any atom is 0.491 e. The fraction of sp³-hybridized carbons (Fsp3) is 0.571. The molecule has 10 heteroatoms. The first-order valence-corrected chi connectivity index (χ1v) is 4.58. The lowest BCUT2D eigenvalue weighted by Gasteiger charge is -2.06. The van der Waals surface area contributed by atoms with E-state index in [1.54, 1.807) is 0 Å². The number of carbonyl (C=O) groups excluding carboxylic acids is 1. The molecule has 1 heterocycles. The molecule has 1 amide bonds. The molecular formula is C7H11N5O5. The molecule has 0 aliphatic heterocycles. The van der Waals surface area contributed by atoms with Gasteiger partial charge in [0, 0.05) is 18.7 Å². The van der Waals surface area contributed by atoms with Crippen LogP contribution in [0.25, 0.3) is 0 Å². The highest BCUT2D eigenvalue weighted by atomic mass is 16.6. The number of nitrogens with one attached hydrogen (secondary N) is 1. The largest absolute Gasteiger partial charge is 0.491 e. The molecule has 1 atom stereocenters. The van der Waals surface area contributed by atoms with Gasteiger partial charge < -0.3 is 25.6 Å². The Morgan fingerprint density at radius 3 is 2.82 bits per heavy atom. The second kappa shape index (κ2) is 5.32. The van der Waals surface area contributed by atoms with Crippen LogP contribution in [0.15, 0.2) is 0 Å². The molecule has 1 aromatic heterocycles. The van der Waals surface area contributed by atoms with Gasteiger partial charge in [0.2, 0.25) is 0 Å². The fourth-order valence-corrected chi connectivity index (χ4v) is 1.00. The molecule has 94 valence electrons. The third kappa shape index (κ3) is 3.19.